The number of amides is 2. The number of piperidine rings is 1. The molecule has 1 saturated heterocycles. The molecule has 0 radical (unpaired) electrons. The first-order valence-corrected chi connectivity index (χ1v) is 12.3. The third kappa shape index (κ3) is 5.86. The number of aromatic nitrogens is 1. The molecule has 2 amide bonds. The van der Waals surface area contributed by atoms with Gasteiger partial charge in [-0.25, -0.2) is 0 Å². The summed E-state index contributed by atoms with van der Waals surface area (Å²) in [6.45, 7) is 4.64. The highest BCUT2D eigenvalue weighted by Gasteiger charge is 2.41. The van der Waals surface area contributed by atoms with E-state index in [2.05, 4.69) is 16.9 Å². The third-order valence-corrected chi connectivity index (χ3v) is 7.03. The van der Waals surface area contributed by atoms with Crippen molar-refractivity contribution in [3.63, 3.8) is 0 Å². The van der Waals surface area contributed by atoms with E-state index in [9.17, 15) is 22.8 Å². The molecule has 1 aromatic heterocycles. The van der Waals surface area contributed by atoms with Crippen LogP contribution in [0.4, 0.5) is 13.2 Å². The number of carbonyl (C=O) groups is 2. The SMILES string of the molecule is CC1=C(C(F)(F)F)C2=C(CN(C(=O)C[C@H](N)CN3C[C@H](C)CCC3=O)CC2)N=C(c2ccncc2)C1. The normalized spacial score (nSPS) is 22.3. The minimum atomic E-state index is -4.51. The Balaban J connectivity index is 1.53. The molecule has 0 unspecified atom stereocenters. The van der Waals surface area contributed by atoms with Gasteiger partial charge < -0.3 is 15.5 Å². The van der Waals surface area contributed by atoms with E-state index in [0.717, 1.165) is 6.42 Å². The van der Waals surface area contributed by atoms with Crippen LogP contribution in [0.2, 0.25) is 0 Å². The van der Waals surface area contributed by atoms with Crippen LogP contribution in [0.5, 0.6) is 0 Å². The molecule has 3 aliphatic rings. The average Bonchev–Trinajstić information content (AvgIpc) is 2.97. The number of hydrogen-bond donors (Lipinski definition) is 1. The van der Waals surface area contributed by atoms with Crippen molar-refractivity contribution in [3.8, 4) is 0 Å². The molecular formula is C26H32F3N5O2. The molecule has 0 aromatic carbocycles. The quantitative estimate of drug-likeness (QED) is 0.665. The van der Waals surface area contributed by atoms with Crippen molar-refractivity contribution < 1.29 is 22.8 Å². The van der Waals surface area contributed by atoms with Gasteiger partial charge in [0.25, 0.3) is 0 Å². The molecule has 0 aliphatic carbocycles. The Kier molecular flexibility index (Phi) is 7.63. The molecule has 2 N–H and O–H groups in total. The summed E-state index contributed by atoms with van der Waals surface area (Å²) < 4.78 is 42.3. The van der Waals surface area contributed by atoms with E-state index in [1.54, 1.807) is 29.4 Å². The number of hydrogen-bond acceptors (Lipinski definition) is 5. The molecule has 4 rings (SSSR count). The van der Waals surface area contributed by atoms with Gasteiger partial charge in [0, 0.05) is 57.3 Å². The van der Waals surface area contributed by atoms with E-state index < -0.39 is 17.8 Å². The van der Waals surface area contributed by atoms with E-state index in [1.165, 1.54) is 11.8 Å². The summed E-state index contributed by atoms with van der Waals surface area (Å²) >= 11 is 0. The van der Waals surface area contributed by atoms with Gasteiger partial charge in [0.05, 0.1) is 23.5 Å². The molecule has 1 aromatic rings. The second-order valence-electron chi connectivity index (χ2n) is 10.0. The minimum absolute atomic E-state index is 0.0119. The van der Waals surface area contributed by atoms with Crippen LogP contribution in [0.25, 0.3) is 0 Å². The number of nitrogens with two attached hydrogens (primary N) is 1. The fraction of sp³-hybridized carbons (Fsp3) is 0.538. The van der Waals surface area contributed by atoms with Gasteiger partial charge in [0.2, 0.25) is 11.8 Å². The zero-order valence-corrected chi connectivity index (χ0v) is 20.6. The van der Waals surface area contributed by atoms with Gasteiger partial charge in [-0.05, 0) is 49.0 Å². The Bertz CT molecular complexity index is 1110. The largest absolute Gasteiger partial charge is 0.416 e. The van der Waals surface area contributed by atoms with Gasteiger partial charge in [0.15, 0.2) is 0 Å². The van der Waals surface area contributed by atoms with Crippen LogP contribution in [0.15, 0.2) is 51.9 Å². The van der Waals surface area contributed by atoms with Crippen LogP contribution < -0.4 is 5.73 Å². The Labute approximate surface area is 208 Å². The molecule has 1 fully saturated rings. The molecule has 0 bridgehead atoms. The smallest absolute Gasteiger partial charge is 0.341 e. The number of alkyl halides is 3. The van der Waals surface area contributed by atoms with E-state index in [1.807, 2.05) is 0 Å². The van der Waals surface area contributed by atoms with Crippen molar-refractivity contribution in [2.24, 2.45) is 16.6 Å². The van der Waals surface area contributed by atoms with Crippen LogP contribution in [0, 0.1) is 5.92 Å². The number of aliphatic imine (C=N–C) groups is 1. The maximum atomic E-state index is 14.1. The number of rotatable bonds is 5. The third-order valence-electron chi connectivity index (χ3n) is 7.03. The number of nitrogens with zero attached hydrogens (tertiary/aromatic N) is 4. The maximum absolute atomic E-state index is 14.1. The van der Waals surface area contributed by atoms with Crippen LogP contribution >= 0.6 is 0 Å². The highest BCUT2D eigenvalue weighted by atomic mass is 19.4. The monoisotopic (exact) mass is 503 g/mol. The lowest BCUT2D eigenvalue weighted by Gasteiger charge is -2.34. The topological polar surface area (TPSA) is 91.9 Å². The Morgan fingerprint density at radius 3 is 2.67 bits per heavy atom. The molecule has 194 valence electrons. The first kappa shape index (κ1) is 26.1. The lowest BCUT2D eigenvalue weighted by molar-refractivity contribution is -0.136. The highest BCUT2D eigenvalue weighted by Crippen LogP contribution is 2.41. The van der Waals surface area contributed by atoms with Crippen LogP contribution in [-0.2, 0) is 9.59 Å². The predicted octanol–water partition coefficient (Wildman–Crippen LogP) is 3.62. The summed E-state index contributed by atoms with van der Waals surface area (Å²) in [6, 6.07) is 2.90. The Morgan fingerprint density at radius 2 is 1.97 bits per heavy atom. The van der Waals surface area contributed by atoms with Crippen LogP contribution in [0.1, 0.15) is 51.5 Å². The highest BCUT2D eigenvalue weighted by molar-refractivity contribution is 6.03. The number of carbonyl (C=O) groups excluding carboxylic acids is 2. The fourth-order valence-electron chi connectivity index (χ4n) is 5.23. The minimum Gasteiger partial charge on any atom is -0.341 e. The summed E-state index contributed by atoms with van der Waals surface area (Å²) in [5.74, 6) is 0.188. The molecular weight excluding hydrogens is 471 g/mol. The summed E-state index contributed by atoms with van der Waals surface area (Å²) in [4.78, 5) is 37.2. The second-order valence-corrected chi connectivity index (χ2v) is 10.0. The van der Waals surface area contributed by atoms with Crippen molar-refractivity contribution in [1.29, 1.82) is 0 Å². The zero-order valence-electron chi connectivity index (χ0n) is 20.6. The number of pyridine rings is 1. The molecule has 10 heteroatoms. The van der Waals surface area contributed by atoms with Crippen molar-refractivity contribution in [2.75, 3.05) is 26.2 Å². The van der Waals surface area contributed by atoms with Gasteiger partial charge in [0.1, 0.15) is 0 Å². The van der Waals surface area contributed by atoms with E-state index in [4.69, 9.17) is 5.73 Å². The lowest BCUT2D eigenvalue weighted by atomic mass is 9.91. The van der Waals surface area contributed by atoms with Crippen molar-refractivity contribution in [1.82, 2.24) is 14.8 Å². The predicted molar refractivity (Wildman–Crippen MR) is 130 cm³/mol. The zero-order chi connectivity index (χ0) is 26.0. The van der Waals surface area contributed by atoms with Gasteiger partial charge in [-0.2, -0.15) is 13.2 Å². The Morgan fingerprint density at radius 1 is 1.25 bits per heavy atom. The molecule has 4 heterocycles. The standard InChI is InChI=1S/C26H32F3N5O2/c1-16-3-4-23(35)34(13-16)14-19(30)12-24(36)33-10-7-20-22(15-33)32-21(18-5-8-31-9-6-18)11-17(2)25(20)26(27,28)29/h5-6,8-9,16,19H,3-4,7,10-15,30H2,1-2H3/t16-,19+/m1/s1. The molecule has 0 saturated carbocycles. The summed E-state index contributed by atoms with van der Waals surface area (Å²) in [6.07, 6.45) is 0.122. The number of likely N-dealkylation sites (tertiary alicyclic amines) is 1. The number of allylic oxidation sites excluding steroid dienone is 2. The van der Waals surface area contributed by atoms with Crippen molar-refractivity contribution in [2.45, 2.75) is 58.2 Å². The average molecular weight is 504 g/mol. The number of halogens is 3. The molecule has 3 aliphatic heterocycles. The first-order chi connectivity index (χ1) is 17.0. The van der Waals surface area contributed by atoms with Crippen LogP contribution in [0.3, 0.4) is 0 Å². The van der Waals surface area contributed by atoms with Gasteiger partial charge >= 0.3 is 6.18 Å². The molecule has 0 spiro atoms. The van der Waals surface area contributed by atoms with E-state index in [-0.39, 0.29) is 61.0 Å². The second kappa shape index (κ2) is 10.5. The van der Waals surface area contributed by atoms with Crippen molar-refractivity contribution >= 4 is 17.5 Å². The fourth-order valence-corrected chi connectivity index (χ4v) is 5.23. The van der Waals surface area contributed by atoms with E-state index >= 15 is 0 Å². The summed E-state index contributed by atoms with van der Waals surface area (Å²) in [7, 11) is 0. The molecule has 7 nitrogen and oxygen atoms in total. The van der Waals surface area contributed by atoms with Gasteiger partial charge in [-0.15, -0.1) is 0 Å². The lowest BCUT2D eigenvalue weighted by Crippen LogP contribution is -2.48. The van der Waals surface area contributed by atoms with Gasteiger partial charge in [-0.1, -0.05) is 12.5 Å². The first-order valence-electron chi connectivity index (χ1n) is 12.3. The molecule has 36 heavy (non-hydrogen) atoms. The maximum Gasteiger partial charge on any atom is 0.416 e. The summed E-state index contributed by atoms with van der Waals surface area (Å²) in [5, 5.41) is 0. The Hall–Kier alpha value is -3.01. The summed E-state index contributed by atoms with van der Waals surface area (Å²) in [5.41, 5.74) is 7.45. The van der Waals surface area contributed by atoms with Crippen LogP contribution in [-0.4, -0.2) is 70.7 Å². The van der Waals surface area contributed by atoms with Gasteiger partial charge in [-0.3, -0.25) is 19.6 Å². The van der Waals surface area contributed by atoms with E-state index in [0.29, 0.717) is 36.7 Å². The van der Waals surface area contributed by atoms with Crippen molar-refractivity contribution in [3.05, 3.63) is 52.5 Å². The molecule has 2 atom stereocenters.